The van der Waals surface area contributed by atoms with Gasteiger partial charge in [0.15, 0.2) is 0 Å². The highest BCUT2D eigenvalue weighted by Gasteiger charge is 2.15. The number of halogens is 2. The van der Waals surface area contributed by atoms with Gasteiger partial charge >= 0.3 is 0 Å². The molecule has 3 nitrogen and oxygen atoms in total. The van der Waals surface area contributed by atoms with Gasteiger partial charge < -0.3 is 5.73 Å². The Balaban J connectivity index is 2.07. The number of aromatic nitrogens is 2. The average Bonchev–Trinajstić information content (AvgIpc) is 2.48. The van der Waals surface area contributed by atoms with Crippen LogP contribution >= 0.6 is 23.2 Å². The lowest BCUT2D eigenvalue weighted by Gasteiger charge is -2.13. The Morgan fingerprint density at radius 1 is 1.00 bits per heavy atom. The number of rotatable bonds is 2. The molecule has 3 rings (SSSR count). The lowest BCUT2D eigenvalue weighted by Crippen LogP contribution is -2.14. The van der Waals surface area contributed by atoms with Gasteiger partial charge in [0.25, 0.3) is 0 Å². The molecular formula is C15H11Cl2N3. The van der Waals surface area contributed by atoms with E-state index in [4.69, 9.17) is 28.9 Å². The number of nitrogens with two attached hydrogens (primary N) is 1. The van der Waals surface area contributed by atoms with Crippen molar-refractivity contribution >= 4 is 34.2 Å². The second-order valence-electron chi connectivity index (χ2n) is 4.43. The van der Waals surface area contributed by atoms with Crippen LogP contribution in [0.2, 0.25) is 10.0 Å². The second kappa shape index (κ2) is 5.37. The predicted molar refractivity (Wildman–Crippen MR) is 82.0 cm³/mol. The van der Waals surface area contributed by atoms with Gasteiger partial charge in [0.1, 0.15) is 0 Å². The Kier molecular flexibility index (Phi) is 3.57. The van der Waals surface area contributed by atoms with Crippen molar-refractivity contribution in [2.45, 2.75) is 6.04 Å². The molecule has 0 aliphatic carbocycles. The summed E-state index contributed by atoms with van der Waals surface area (Å²) in [6, 6.07) is 12.4. The molecule has 1 unspecified atom stereocenters. The number of hydrogen-bond donors (Lipinski definition) is 1. The van der Waals surface area contributed by atoms with E-state index in [2.05, 4.69) is 9.97 Å². The molecule has 5 heteroatoms. The van der Waals surface area contributed by atoms with Gasteiger partial charge in [-0.15, -0.1) is 0 Å². The largest absolute Gasteiger partial charge is 0.319 e. The standard InChI is InChI=1S/C15H11Cl2N3/c16-9-5-6-11(17)10(7-9)15(18)14-8-19-12-3-1-2-4-13(12)20-14/h1-8,15H,18H2. The molecule has 1 aromatic heterocycles. The zero-order chi connectivity index (χ0) is 14.1. The summed E-state index contributed by atoms with van der Waals surface area (Å²) in [6.07, 6.45) is 1.67. The Hall–Kier alpha value is -1.68. The lowest BCUT2D eigenvalue weighted by molar-refractivity contribution is 0.828. The zero-order valence-electron chi connectivity index (χ0n) is 10.4. The highest BCUT2D eigenvalue weighted by atomic mass is 35.5. The highest BCUT2D eigenvalue weighted by Crippen LogP contribution is 2.28. The van der Waals surface area contributed by atoms with Gasteiger partial charge in [0.2, 0.25) is 0 Å². The van der Waals surface area contributed by atoms with Crippen molar-refractivity contribution in [2.24, 2.45) is 5.73 Å². The van der Waals surface area contributed by atoms with Crippen molar-refractivity contribution in [2.75, 3.05) is 0 Å². The third kappa shape index (κ3) is 2.48. The molecule has 2 aromatic carbocycles. The first-order chi connectivity index (χ1) is 9.65. The molecule has 1 heterocycles. The van der Waals surface area contributed by atoms with Crippen LogP contribution in [0.3, 0.4) is 0 Å². The molecule has 0 saturated carbocycles. The monoisotopic (exact) mass is 303 g/mol. The van der Waals surface area contributed by atoms with Crippen LogP contribution in [0.15, 0.2) is 48.7 Å². The summed E-state index contributed by atoms with van der Waals surface area (Å²) in [7, 11) is 0. The second-order valence-corrected chi connectivity index (χ2v) is 5.27. The Labute approximate surface area is 126 Å². The SMILES string of the molecule is NC(c1cnc2ccccc2n1)c1cc(Cl)ccc1Cl. The van der Waals surface area contributed by atoms with E-state index in [0.29, 0.717) is 15.7 Å². The molecule has 0 aliphatic rings. The van der Waals surface area contributed by atoms with E-state index in [-0.39, 0.29) is 0 Å². The smallest absolute Gasteiger partial charge is 0.0890 e. The highest BCUT2D eigenvalue weighted by molar-refractivity contribution is 6.33. The lowest BCUT2D eigenvalue weighted by atomic mass is 10.0. The summed E-state index contributed by atoms with van der Waals surface area (Å²) in [4.78, 5) is 8.89. The van der Waals surface area contributed by atoms with Crippen LogP contribution < -0.4 is 5.73 Å². The van der Waals surface area contributed by atoms with Crippen molar-refractivity contribution < 1.29 is 0 Å². The molecule has 0 bridgehead atoms. The third-order valence-electron chi connectivity index (χ3n) is 3.08. The zero-order valence-corrected chi connectivity index (χ0v) is 11.9. The van der Waals surface area contributed by atoms with Gasteiger partial charge in [0, 0.05) is 10.0 Å². The first kappa shape index (κ1) is 13.3. The average molecular weight is 304 g/mol. The first-order valence-electron chi connectivity index (χ1n) is 6.07. The molecule has 0 saturated heterocycles. The summed E-state index contributed by atoms with van der Waals surface area (Å²) in [5, 5.41) is 1.16. The van der Waals surface area contributed by atoms with Crippen molar-refractivity contribution in [1.29, 1.82) is 0 Å². The Morgan fingerprint density at radius 2 is 1.75 bits per heavy atom. The molecular weight excluding hydrogens is 293 g/mol. The van der Waals surface area contributed by atoms with Gasteiger partial charge in [-0.3, -0.25) is 4.98 Å². The summed E-state index contributed by atoms with van der Waals surface area (Å²) in [5.74, 6) is 0. The maximum Gasteiger partial charge on any atom is 0.0890 e. The van der Waals surface area contributed by atoms with Crippen LogP contribution in [0, 0.1) is 0 Å². The first-order valence-corrected chi connectivity index (χ1v) is 6.83. The molecule has 0 amide bonds. The van der Waals surface area contributed by atoms with E-state index >= 15 is 0 Å². The molecule has 100 valence electrons. The Bertz CT molecular complexity index is 774. The number of hydrogen-bond acceptors (Lipinski definition) is 3. The van der Waals surface area contributed by atoms with Crippen LogP contribution in [0.4, 0.5) is 0 Å². The van der Waals surface area contributed by atoms with Crippen LogP contribution in [-0.4, -0.2) is 9.97 Å². The number of benzene rings is 2. The van der Waals surface area contributed by atoms with Crippen LogP contribution in [0.5, 0.6) is 0 Å². The molecule has 0 radical (unpaired) electrons. The fourth-order valence-corrected chi connectivity index (χ4v) is 2.45. The minimum absolute atomic E-state index is 0.460. The van der Waals surface area contributed by atoms with Gasteiger partial charge in [-0.2, -0.15) is 0 Å². The van der Waals surface area contributed by atoms with E-state index in [0.717, 1.165) is 16.6 Å². The predicted octanol–water partition coefficient (Wildman–Crippen LogP) is 3.98. The van der Waals surface area contributed by atoms with Crippen molar-refractivity contribution in [3.05, 3.63) is 70.0 Å². The van der Waals surface area contributed by atoms with Gasteiger partial charge in [0.05, 0.1) is 29.0 Å². The van der Waals surface area contributed by atoms with Crippen molar-refractivity contribution in [1.82, 2.24) is 9.97 Å². The quantitative estimate of drug-likeness (QED) is 0.779. The Morgan fingerprint density at radius 3 is 2.55 bits per heavy atom. The van der Waals surface area contributed by atoms with Crippen LogP contribution in [0.1, 0.15) is 17.3 Å². The normalized spacial score (nSPS) is 12.6. The van der Waals surface area contributed by atoms with Crippen molar-refractivity contribution in [3.8, 4) is 0 Å². The van der Waals surface area contributed by atoms with Crippen LogP contribution in [-0.2, 0) is 0 Å². The van der Waals surface area contributed by atoms with Crippen molar-refractivity contribution in [3.63, 3.8) is 0 Å². The van der Waals surface area contributed by atoms with Gasteiger partial charge in [-0.1, -0.05) is 35.3 Å². The maximum absolute atomic E-state index is 6.23. The third-order valence-corrected chi connectivity index (χ3v) is 3.66. The fraction of sp³-hybridized carbons (Fsp3) is 0.0667. The van der Waals surface area contributed by atoms with E-state index in [9.17, 15) is 0 Å². The van der Waals surface area contributed by atoms with Gasteiger partial charge in [-0.25, -0.2) is 4.98 Å². The topological polar surface area (TPSA) is 51.8 Å². The molecule has 1 atom stereocenters. The summed E-state index contributed by atoms with van der Waals surface area (Å²) < 4.78 is 0. The van der Waals surface area contributed by atoms with E-state index in [1.54, 1.807) is 24.4 Å². The molecule has 20 heavy (non-hydrogen) atoms. The van der Waals surface area contributed by atoms with Crippen LogP contribution in [0.25, 0.3) is 11.0 Å². The summed E-state index contributed by atoms with van der Waals surface area (Å²) >= 11 is 12.2. The number of para-hydroxylation sites is 2. The summed E-state index contributed by atoms with van der Waals surface area (Å²) in [6.45, 7) is 0. The van der Waals surface area contributed by atoms with E-state index in [1.807, 2.05) is 24.3 Å². The number of nitrogens with zero attached hydrogens (tertiary/aromatic N) is 2. The fourth-order valence-electron chi connectivity index (χ4n) is 2.03. The van der Waals surface area contributed by atoms with Gasteiger partial charge in [-0.05, 0) is 35.9 Å². The summed E-state index contributed by atoms with van der Waals surface area (Å²) in [5.41, 5.74) is 9.27. The van der Waals surface area contributed by atoms with E-state index < -0.39 is 6.04 Å². The molecule has 0 spiro atoms. The number of fused-ring (bicyclic) bond motifs is 1. The minimum Gasteiger partial charge on any atom is -0.319 e. The molecule has 2 N–H and O–H groups in total. The molecule has 0 fully saturated rings. The molecule has 0 aliphatic heterocycles. The van der Waals surface area contributed by atoms with E-state index in [1.165, 1.54) is 0 Å². The minimum atomic E-state index is -0.460. The maximum atomic E-state index is 6.23. The molecule has 3 aromatic rings.